The molecule has 4 nitrogen and oxygen atoms in total. The molecule has 0 saturated heterocycles. The Labute approximate surface area is 120 Å². The van der Waals surface area contributed by atoms with E-state index in [9.17, 15) is 8.42 Å². The van der Waals surface area contributed by atoms with E-state index in [4.69, 9.17) is 0 Å². The molecule has 0 radical (unpaired) electrons. The minimum absolute atomic E-state index is 0.0986. The van der Waals surface area contributed by atoms with Crippen LogP contribution in [0.3, 0.4) is 0 Å². The van der Waals surface area contributed by atoms with E-state index in [0.29, 0.717) is 6.54 Å². The molecule has 1 aromatic carbocycles. The van der Waals surface area contributed by atoms with E-state index < -0.39 is 9.84 Å². The number of rotatable bonds is 6. The average Bonchev–Trinajstić information content (AvgIpc) is 2.80. The van der Waals surface area contributed by atoms with Crippen molar-refractivity contribution in [3.05, 3.63) is 59.9 Å². The first kappa shape index (κ1) is 14.8. The van der Waals surface area contributed by atoms with Gasteiger partial charge in [0.25, 0.3) is 0 Å². The second kappa shape index (κ2) is 6.24. The standard InChI is InChI=1S/C15H20N2O2S/c1-17-10-6-9-14(17)11-16-15(12-20(2,18)19)13-7-4-3-5-8-13/h3-10,15-16H,11-12H2,1-2H3. The van der Waals surface area contributed by atoms with E-state index in [-0.39, 0.29) is 11.8 Å². The second-order valence-corrected chi connectivity index (χ2v) is 7.23. The van der Waals surface area contributed by atoms with E-state index in [1.54, 1.807) is 0 Å². The summed E-state index contributed by atoms with van der Waals surface area (Å²) in [5.41, 5.74) is 2.12. The number of aromatic nitrogens is 1. The first-order chi connectivity index (χ1) is 9.46. The molecule has 0 bridgehead atoms. The predicted octanol–water partition coefficient (Wildman–Crippen LogP) is 1.90. The van der Waals surface area contributed by atoms with Crippen LogP contribution in [0.25, 0.3) is 0 Å². The van der Waals surface area contributed by atoms with Gasteiger partial charge in [0.1, 0.15) is 9.84 Å². The van der Waals surface area contributed by atoms with E-state index in [1.165, 1.54) is 6.26 Å². The Balaban J connectivity index is 2.13. The highest BCUT2D eigenvalue weighted by Gasteiger charge is 2.17. The van der Waals surface area contributed by atoms with Gasteiger partial charge >= 0.3 is 0 Å². The minimum atomic E-state index is -3.04. The zero-order chi connectivity index (χ0) is 14.6. The molecule has 1 heterocycles. The summed E-state index contributed by atoms with van der Waals surface area (Å²) in [7, 11) is -1.06. The number of nitrogens with zero attached hydrogens (tertiary/aromatic N) is 1. The summed E-state index contributed by atoms with van der Waals surface area (Å²) in [6.45, 7) is 0.637. The van der Waals surface area contributed by atoms with Crippen molar-refractivity contribution in [2.45, 2.75) is 12.6 Å². The van der Waals surface area contributed by atoms with Crippen LogP contribution in [0.4, 0.5) is 0 Å². The maximum Gasteiger partial charge on any atom is 0.149 e. The molecule has 20 heavy (non-hydrogen) atoms. The summed E-state index contributed by atoms with van der Waals surface area (Å²) in [4.78, 5) is 0. The van der Waals surface area contributed by atoms with Crippen LogP contribution in [0, 0.1) is 0 Å². The molecule has 0 spiro atoms. The summed E-state index contributed by atoms with van der Waals surface area (Å²) in [6, 6.07) is 13.5. The minimum Gasteiger partial charge on any atom is -0.353 e. The third-order valence-electron chi connectivity index (χ3n) is 3.25. The fourth-order valence-corrected chi connectivity index (χ4v) is 3.08. The van der Waals surface area contributed by atoms with Crippen LogP contribution >= 0.6 is 0 Å². The first-order valence-electron chi connectivity index (χ1n) is 6.52. The van der Waals surface area contributed by atoms with Gasteiger partial charge in [0, 0.05) is 37.8 Å². The Morgan fingerprint density at radius 2 is 1.85 bits per heavy atom. The molecule has 0 aliphatic heterocycles. The van der Waals surface area contributed by atoms with Gasteiger partial charge in [-0.3, -0.25) is 0 Å². The first-order valence-corrected chi connectivity index (χ1v) is 8.58. The van der Waals surface area contributed by atoms with Gasteiger partial charge < -0.3 is 9.88 Å². The van der Waals surface area contributed by atoms with Crippen molar-refractivity contribution in [1.82, 2.24) is 9.88 Å². The third-order valence-corrected chi connectivity index (χ3v) is 4.19. The molecule has 1 unspecified atom stereocenters. The van der Waals surface area contributed by atoms with E-state index >= 15 is 0 Å². The Kier molecular flexibility index (Phi) is 4.62. The Hall–Kier alpha value is -1.59. The van der Waals surface area contributed by atoms with Gasteiger partial charge in [0.05, 0.1) is 5.75 Å². The van der Waals surface area contributed by atoms with Crippen molar-refractivity contribution >= 4 is 9.84 Å². The fourth-order valence-electron chi connectivity index (χ4n) is 2.17. The lowest BCUT2D eigenvalue weighted by Gasteiger charge is -2.18. The average molecular weight is 292 g/mol. The van der Waals surface area contributed by atoms with E-state index in [0.717, 1.165) is 11.3 Å². The van der Waals surface area contributed by atoms with E-state index in [2.05, 4.69) is 5.32 Å². The van der Waals surface area contributed by atoms with Gasteiger partial charge in [-0.1, -0.05) is 30.3 Å². The van der Waals surface area contributed by atoms with Crippen LogP contribution in [0.2, 0.25) is 0 Å². The summed E-state index contributed by atoms with van der Waals surface area (Å²) < 4.78 is 25.2. The normalized spacial score (nSPS) is 13.3. The Bertz CT molecular complexity index is 648. The Morgan fingerprint density at radius 3 is 2.40 bits per heavy atom. The van der Waals surface area contributed by atoms with Crippen molar-refractivity contribution < 1.29 is 8.42 Å². The summed E-state index contributed by atoms with van der Waals surface area (Å²) in [6.07, 6.45) is 3.25. The molecule has 0 aliphatic rings. The molecule has 0 aliphatic carbocycles. The van der Waals surface area contributed by atoms with Crippen molar-refractivity contribution in [1.29, 1.82) is 0 Å². The topological polar surface area (TPSA) is 51.1 Å². The summed E-state index contributed by atoms with van der Waals surface area (Å²) in [5, 5.41) is 3.34. The van der Waals surface area contributed by atoms with Crippen LogP contribution < -0.4 is 5.32 Å². The SMILES string of the molecule is Cn1cccc1CNC(CS(C)(=O)=O)c1ccccc1. The molecular weight excluding hydrogens is 272 g/mol. The monoisotopic (exact) mass is 292 g/mol. The molecule has 0 saturated carbocycles. The van der Waals surface area contributed by atoms with Crippen LogP contribution in [0.5, 0.6) is 0 Å². The molecule has 2 aromatic rings. The van der Waals surface area contributed by atoms with Gasteiger partial charge in [0.2, 0.25) is 0 Å². The smallest absolute Gasteiger partial charge is 0.149 e. The molecular formula is C15H20N2O2S. The quantitative estimate of drug-likeness (QED) is 0.884. The molecule has 108 valence electrons. The Morgan fingerprint density at radius 1 is 1.15 bits per heavy atom. The van der Waals surface area contributed by atoms with Crippen molar-refractivity contribution in [2.75, 3.05) is 12.0 Å². The molecule has 0 amide bonds. The van der Waals surface area contributed by atoms with Crippen molar-refractivity contribution in [3.8, 4) is 0 Å². The molecule has 1 N–H and O–H groups in total. The lowest BCUT2D eigenvalue weighted by molar-refractivity contribution is 0.541. The van der Waals surface area contributed by atoms with Gasteiger partial charge in [-0.2, -0.15) is 0 Å². The highest BCUT2D eigenvalue weighted by atomic mass is 32.2. The lowest BCUT2D eigenvalue weighted by Crippen LogP contribution is -2.28. The van der Waals surface area contributed by atoms with Gasteiger partial charge in [-0.25, -0.2) is 8.42 Å². The van der Waals surface area contributed by atoms with Crippen LogP contribution in [0.15, 0.2) is 48.7 Å². The van der Waals surface area contributed by atoms with E-state index in [1.807, 2.05) is 60.3 Å². The maximum atomic E-state index is 11.6. The van der Waals surface area contributed by atoms with Gasteiger partial charge in [0.15, 0.2) is 0 Å². The fraction of sp³-hybridized carbons (Fsp3) is 0.333. The number of hydrogen-bond donors (Lipinski definition) is 1. The van der Waals surface area contributed by atoms with Crippen molar-refractivity contribution in [3.63, 3.8) is 0 Å². The highest BCUT2D eigenvalue weighted by Crippen LogP contribution is 2.15. The van der Waals surface area contributed by atoms with Crippen molar-refractivity contribution in [2.24, 2.45) is 7.05 Å². The number of benzene rings is 1. The predicted molar refractivity (Wildman–Crippen MR) is 81.1 cm³/mol. The molecule has 5 heteroatoms. The maximum absolute atomic E-state index is 11.6. The summed E-state index contributed by atoms with van der Waals surface area (Å²) in [5.74, 6) is 0.0986. The molecule has 1 aromatic heterocycles. The second-order valence-electron chi connectivity index (χ2n) is 5.05. The van der Waals surface area contributed by atoms with Gasteiger partial charge in [-0.15, -0.1) is 0 Å². The summed E-state index contributed by atoms with van der Waals surface area (Å²) >= 11 is 0. The van der Waals surface area contributed by atoms with Gasteiger partial charge in [-0.05, 0) is 17.7 Å². The zero-order valence-corrected chi connectivity index (χ0v) is 12.6. The number of aryl methyl sites for hydroxylation is 1. The molecule has 2 rings (SSSR count). The molecule has 1 atom stereocenters. The van der Waals surface area contributed by atoms with Crippen LogP contribution in [-0.2, 0) is 23.4 Å². The molecule has 0 fully saturated rings. The van der Waals surface area contributed by atoms with Crippen LogP contribution in [-0.4, -0.2) is 25.0 Å². The largest absolute Gasteiger partial charge is 0.353 e. The number of nitrogens with one attached hydrogen (secondary N) is 1. The zero-order valence-electron chi connectivity index (χ0n) is 11.8. The lowest BCUT2D eigenvalue weighted by atomic mass is 10.1. The third kappa shape index (κ3) is 4.21. The highest BCUT2D eigenvalue weighted by molar-refractivity contribution is 7.90. The number of sulfone groups is 1. The van der Waals surface area contributed by atoms with Crippen LogP contribution in [0.1, 0.15) is 17.3 Å². The number of hydrogen-bond acceptors (Lipinski definition) is 3.